The number of anilines is 1. The first-order valence-electron chi connectivity index (χ1n) is 5.29. The molecule has 1 aromatic heterocycles. The molecule has 0 aliphatic heterocycles. The van der Waals surface area contributed by atoms with Gasteiger partial charge in [-0.05, 0) is 11.8 Å². The number of hydrogen-bond acceptors (Lipinski definition) is 4. The van der Waals surface area contributed by atoms with Crippen molar-refractivity contribution in [3.05, 3.63) is 24.3 Å². The molecule has 0 N–H and O–H groups in total. The summed E-state index contributed by atoms with van der Waals surface area (Å²) in [5.41, 5.74) is 1.01. The fourth-order valence-corrected chi connectivity index (χ4v) is 2.23. The van der Waals surface area contributed by atoms with Crippen molar-refractivity contribution in [2.45, 2.75) is 11.9 Å². The zero-order chi connectivity index (χ0) is 11.5. The molecule has 0 bridgehead atoms. The Morgan fingerprint density at radius 1 is 1.19 bits per heavy atom. The highest BCUT2D eigenvalue weighted by molar-refractivity contribution is 7.99. The molecule has 2 aromatic rings. The average Bonchev–Trinajstić information content (AvgIpc) is 2.29. The normalized spacial score (nSPS) is 10.7. The molecule has 0 saturated carbocycles. The molecule has 1 heterocycles. The average molecular weight is 233 g/mol. The van der Waals surface area contributed by atoms with Crippen molar-refractivity contribution in [1.82, 2.24) is 9.97 Å². The molecule has 0 fully saturated rings. The van der Waals surface area contributed by atoms with Gasteiger partial charge in [0.1, 0.15) is 5.03 Å². The van der Waals surface area contributed by atoms with Crippen LogP contribution in [0.15, 0.2) is 29.3 Å². The van der Waals surface area contributed by atoms with E-state index >= 15 is 0 Å². The van der Waals surface area contributed by atoms with Crippen LogP contribution in [0.3, 0.4) is 0 Å². The molecule has 16 heavy (non-hydrogen) atoms. The third kappa shape index (κ3) is 2.11. The largest absolute Gasteiger partial charge is 0.347 e. The van der Waals surface area contributed by atoms with Gasteiger partial charge in [-0.1, -0.05) is 25.1 Å². The molecule has 0 aliphatic rings. The SMILES string of the molecule is CCSc1nc(N(C)C)nc2ccccc12. The number of fused-ring (bicyclic) bond motifs is 1. The Morgan fingerprint density at radius 2 is 1.94 bits per heavy atom. The van der Waals surface area contributed by atoms with Crippen LogP contribution in [0.5, 0.6) is 0 Å². The van der Waals surface area contributed by atoms with Crippen molar-refractivity contribution in [2.24, 2.45) is 0 Å². The molecular weight excluding hydrogens is 218 g/mol. The molecule has 0 spiro atoms. The van der Waals surface area contributed by atoms with E-state index in [0.717, 1.165) is 27.6 Å². The molecule has 0 radical (unpaired) electrons. The molecule has 0 saturated heterocycles. The smallest absolute Gasteiger partial charge is 0.226 e. The first kappa shape index (κ1) is 11.2. The fraction of sp³-hybridized carbons (Fsp3) is 0.333. The van der Waals surface area contributed by atoms with E-state index in [-0.39, 0.29) is 0 Å². The first-order chi connectivity index (χ1) is 7.72. The monoisotopic (exact) mass is 233 g/mol. The standard InChI is InChI=1S/C12H15N3S/c1-4-16-11-9-7-5-6-8-10(9)13-12(14-11)15(2)3/h5-8H,4H2,1-3H3. The maximum atomic E-state index is 4.57. The summed E-state index contributed by atoms with van der Waals surface area (Å²) in [6.45, 7) is 2.14. The van der Waals surface area contributed by atoms with Crippen LogP contribution in [-0.2, 0) is 0 Å². The maximum Gasteiger partial charge on any atom is 0.226 e. The number of nitrogens with zero attached hydrogens (tertiary/aromatic N) is 3. The van der Waals surface area contributed by atoms with Crippen LogP contribution >= 0.6 is 11.8 Å². The van der Waals surface area contributed by atoms with Crippen molar-refractivity contribution in [1.29, 1.82) is 0 Å². The predicted molar refractivity (Wildman–Crippen MR) is 70.3 cm³/mol. The van der Waals surface area contributed by atoms with Crippen molar-refractivity contribution < 1.29 is 0 Å². The van der Waals surface area contributed by atoms with Gasteiger partial charge in [-0.3, -0.25) is 0 Å². The lowest BCUT2D eigenvalue weighted by atomic mass is 10.2. The molecular formula is C12H15N3S. The van der Waals surface area contributed by atoms with Crippen LogP contribution in [-0.4, -0.2) is 29.8 Å². The van der Waals surface area contributed by atoms with E-state index in [1.54, 1.807) is 11.8 Å². The third-order valence-corrected chi connectivity index (χ3v) is 3.11. The topological polar surface area (TPSA) is 29.0 Å². The minimum absolute atomic E-state index is 0.773. The summed E-state index contributed by atoms with van der Waals surface area (Å²) in [7, 11) is 3.93. The van der Waals surface area contributed by atoms with E-state index in [2.05, 4.69) is 23.0 Å². The van der Waals surface area contributed by atoms with E-state index in [4.69, 9.17) is 0 Å². The second-order valence-electron chi connectivity index (χ2n) is 3.67. The second kappa shape index (κ2) is 4.70. The molecule has 3 nitrogen and oxygen atoms in total. The van der Waals surface area contributed by atoms with Gasteiger partial charge >= 0.3 is 0 Å². The minimum atomic E-state index is 0.773. The lowest BCUT2D eigenvalue weighted by molar-refractivity contribution is 0.977. The Labute approximate surface area is 99.9 Å². The van der Waals surface area contributed by atoms with Crippen molar-refractivity contribution in [3.63, 3.8) is 0 Å². The van der Waals surface area contributed by atoms with Gasteiger partial charge in [-0.15, -0.1) is 11.8 Å². The van der Waals surface area contributed by atoms with Gasteiger partial charge in [0.25, 0.3) is 0 Å². The highest BCUT2D eigenvalue weighted by atomic mass is 32.2. The number of hydrogen-bond donors (Lipinski definition) is 0. The van der Waals surface area contributed by atoms with E-state index < -0.39 is 0 Å². The van der Waals surface area contributed by atoms with E-state index in [1.165, 1.54) is 0 Å². The fourth-order valence-electron chi connectivity index (χ4n) is 1.48. The number of benzene rings is 1. The maximum absolute atomic E-state index is 4.57. The van der Waals surface area contributed by atoms with Gasteiger partial charge in [0, 0.05) is 19.5 Å². The second-order valence-corrected chi connectivity index (χ2v) is 4.93. The zero-order valence-corrected chi connectivity index (χ0v) is 10.6. The van der Waals surface area contributed by atoms with Crippen LogP contribution in [0, 0.1) is 0 Å². The van der Waals surface area contributed by atoms with E-state index in [1.807, 2.05) is 37.2 Å². The minimum Gasteiger partial charge on any atom is -0.347 e. The molecule has 4 heteroatoms. The molecule has 0 unspecified atom stereocenters. The molecule has 0 atom stereocenters. The molecule has 2 rings (SSSR count). The summed E-state index contributed by atoms with van der Waals surface area (Å²) in [5.74, 6) is 1.79. The van der Waals surface area contributed by atoms with E-state index in [9.17, 15) is 0 Å². The Balaban J connectivity index is 2.63. The van der Waals surface area contributed by atoms with Crippen LogP contribution in [0.2, 0.25) is 0 Å². The van der Waals surface area contributed by atoms with Gasteiger partial charge in [-0.25, -0.2) is 9.97 Å². The van der Waals surface area contributed by atoms with E-state index in [0.29, 0.717) is 0 Å². The Kier molecular flexibility index (Phi) is 3.29. The number of thioether (sulfide) groups is 1. The number of aromatic nitrogens is 2. The van der Waals surface area contributed by atoms with Crippen molar-refractivity contribution in [3.8, 4) is 0 Å². The number of rotatable bonds is 3. The molecule has 1 aromatic carbocycles. The highest BCUT2D eigenvalue weighted by Crippen LogP contribution is 2.26. The lowest BCUT2D eigenvalue weighted by Gasteiger charge is -2.12. The molecule has 0 aliphatic carbocycles. The Bertz CT molecular complexity index is 497. The number of para-hydroxylation sites is 1. The van der Waals surface area contributed by atoms with Gasteiger partial charge in [0.15, 0.2) is 0 Å². The quantitative estimate of drug-likeness (QED) is 0.602. The highest BCUT2D eigenvalue weighted by Gasteiger charge is 2.08. The van der Waals surface area contributed by atoms with Crippen LogP contribution in [0.25, 0.3) is 10.9 Å². The Hall–Kier alpha value is -1.29. The van der Waals surface area contributed by atoms with Gasteiger partial charge in [0.05, 0.1) is 5.52 Å². The molecule has 84 valence electrons. The van der Waals surface area contributed by atoms with Gasteiger partial charge in [0.2, 0.25) is 5.95 Å². The summed E-state index contributed by atoms with van der Waals surface area (Å²) < 4.78 is 0. The summed E-state index contributed by atoms with van der Waals surface area (Å²) in [6, 6.07) is 8.15. The van der Waals surface area contributed by atoms with Crippen molar-refractivity contribution in [2.75, 3.05) is 24.7 Å². The predicted octanol–water partition coefficient (Wildman–Crippen LogP) is 2.81. The summed E-state index contributed by atoms with van der Waals surface area (Å²) >= 11 is 1.76. The third-order valence-electron chi connectivity index (χ3n) is 2.24. The summed E-state index contributed by atoms with van der Waals surface area (Å²) in [4.78, 5) is 11.0. The molecule has 0 amide bonds. The summed E-state index contributed by atoms with van der Waals surface area (Å²) in [5, 5.41) is 2.21. The van der Waals surface area contributed by atoms with Gasteiger partial charge < -0.3 is 4.90 Å². The zero-order valence-electron chi connectivity index (χ0n) is 9.77. The van der Waals surface area contributed by atoms with Crippen LogP contribution < -0.4 is 4.90 Å². The first-order valence-corrected chi connectivity index (χ1v) is 6.28. The van der Waals surface area contributed by atoms with Crippen molar-refractivity contribution >= 4 is 28.6 Å². The van der Waals surface area contributed by atoms with Crippen LogP contribution in [0.4, 0.5) is 5.95 Å². The Morgan fingerprint density at radius 3 is 2.62 bits per heavy atom. The van der Waals surface area contributed by atoms with Crippen LogP contribution in [0.1, 0.15) is 6.92 Å². The summed E-state index contributed by atoms with van der Waals surface area (Å²) in [6.07, 6.45) is 0. The van der Waals surface area contributed by atoms with Gasteiger partial charge in [-0.2, -0.15) is 0 Å². The lowest BCUT2D eigenvalue weighted by Crippen LogP contribution is -2.13.